The molecule has 2 N–H and O–H groups in total. The monoisotopic (exact) mass is 396 g/mol. The zero-order valence-corrected chi connectivity index (χ0v) is 12.8. The van der Waals surface area contributed by atoms with Gasteiger partial charge < -0.3 is 10.6 Å². The molecule has 0 unspecified atom stereocenters. The fraction of sp³-hybridized carbons (Fsp3) is 0.364. The van der Waals surface area contributed by atoms with Gasteiger partial charge in [0.05, 0.1) is 5.56 Å². The lowest BCUT2D eigenvalue weighted by atomic mass is 10.2. The van der Waals surface area contributed by atoms with Crippen LogP contribution in [0.25, 0.3) is 0 Å². The van der Waals surface area contributed by atoms with Gasteiger partial charge in [-0.15, -0.1) is 0 Å². The predicted octanol–water partition coefficient (Wildman–Crippen LogP) is 2.39. The first-order chi connectivity index (χ1) is 7.65. The van der Waals surface area contributed by atoms with Crippen LogP contribution < -0.4 is 10.6 Å². The molecule has 16 heavy (non-hydrogen) atoms. The van der Waals surface area contributed by atoms with Crippen LogP contribution in [-0.4, -0.2) is 25.5 Å². The van der Waals surface area contributed by atoms with E-state index < -0.39 is 0 Å². The molecule has 0 fully saturated rings. The van der Waals surface area contributed by atoms with Crippen molar-refractivity contribution in [3.8, 4) is 0 Å². The van der Waals surface area contributed by atoms with Gasteiger partial charge >= 0.3 is 0 Å². The molecule has 0 aliphatic carbocycles. The van der Waals surface area contributed by atoms with E-state index in [9.17, 15) is 4.79 Å². The number of carbonyl (C=O) groups is 1. The molecule has 0 radical (unpaired) electrons. The molecule has 0 aromatic heterocycles. The van der Waals surface area contributed by atoms with E-state index in [4.69, 9.17) is 0 Å². The Balaban J connectivity index is 2.55. The third-order valence-electron chi connectivity index (χ3n) is 2.01. The van der Waals surface area contributed by atoms with Gasteiger partial charge in [0.1, 0.15) is 0 Å². The summed E-state index contributed by atoms with van der Waals surface area (Å²) in [7, 11) is 0. The number of carbonyl (C=O) groups excluding carboxylic acids is 1. The summed E-state index contributed by atoms with van der Waals surface area (Å²) >= 11 is 5.57. The summed E-state index contributed by atoms with van der Waals surface area (Å²) in [5.41, 5.74) is 0.684. The minimum Gasteiger partial charge on any atom is -0.351 e. The molecule has 1 amide bonds. The zero-order valence-electron chi connectivity index (χ0n) is 9.02. The number of amides is 1. The summed E-state index contributed by atoms with van der Waals surface area (Å²) < 4.78 is 1.88. The van der Waals surface area contributed by atoms with Gasteiger partial charge in [-0.25, -0.2) is 0 Å². The summed E-state index contributed by atoms with van der Waals surface area (Å²) in [6, 6.07) is 5.72. The van der Waals surface area contributed by atoms with Gasteiger partial charge in [0.2, 0.25) is 0 Å². The Morgan fingerprint density at radius 2 is 2.19 bits per heavy atom. The molecule has 5 heteroatoms. The van der Waals surface area contributed by atoms with Gasteiger partial charge in [-0.2, -0.15) is 0 Å². The molecule has 1 aromatic carbocycles. The van der Waals surface area contributed by atoms with Crippen LogP contribution >= 0.6 is 38.5 Å². The number of benzene rings is 1. The van der Waals surface area contributed by atoms with Gasteiger partial charge in [0, 0.05) is 21.1 Å². The normalized spacial score (nSPS) is 10.2. The molecule has 0 saturated carbocycles. The predicted molar refractivity (Wildman–Crippen MR) is 77.7 cm³/mol. The standard InChI is InChI=1S/C11H14BrIN2O/c1-2-14-5-6-15-11(16)9-7-8(13)3-4-10(9)12/h3-4,7,14H,2,5-6H2,1H3,(H,15,16). The molecule has 0 atom stereocenters. The van der Waals surface area contributed by atoms with Gasteiger partial charge in [0.15, 0.2) is 0 Å². The summed E-state index contributed by atoms with van der Waals surface area (Å²) in [5, 5.41) is 6.02. The smallest absolute Gasteiger partial charge is 0.252 e. The molecule has 0 heterocycles. The van der Waals surface area contributed by atoms with Crippen molar-refractivity contribution in [1.29, 1.82) is 0 Å². The first-order valence-electron chi connectivity index (χ1n) is 5.09. The Morgan fingerprint density at radius 3 is 2.88 bits per heavy atom. The minimum atomic E-state index is -0.0386. The van der Waals surface area contributed by atoms with Gasteiger partial charge in [0.25, 0.3) is 5.91 Å². The highest BCUT2D eigenvalue weighted by molar-refractivity contribution is 14.1. The van der Waals surface area contributed by atoms with Gasteiger partial charge in [-0.3, -0.25) is 4.79 Å². The second kappa shape index (κ2) is 7.24. The topological polar surface area (TPSA) is 41.1 Å². The Bertz CT molecular complexity index is 371. The van der Waals surface area contributed by atoms with Crippen molar-refractivity contribution in [2.45, 2.75) is 6.92 Å². The Kier molecular flexibility index (Phi) is 6.30. The molecule has 0 spiro atoms. The summed E-state index contributed by atoms with van der Waals surface area (Å²) in [6.45, 7) is 4.40. The lowest BCUT2D eigenvalue weighted by molar-refractivity contribution is 0.0953. The molecule has 0 saturated heterocycles. The summed E-state index contributed by atoms with van der Waals surface area (Å²) in [5.74, 6) is -0.0386. The molecule has 1 aromatic rings. The van der Waals surface area contributed by atoms with E-state index in [2.05, 4.69) is 49.2 Å². The van der Waals surface area contributed by atoms with E-state index in [1.54, 1.807) is 0 Å². The van der Waals surface area contributed by atoms with E-state index in [0.717, 1.165) is 21.1 Å². The molecule has 0 aliphatic heterocycles. The van der Waals surface area contributed by atoms with E-state index >= 15 is 0 Å². The van der Waals surface area contributed by atoms with Crippen molar-refractivity contribution >= 4 is 44.4 Å². The first-order valence-corrected chi connectivity index (χ1v) is 6.96. The average molecular weight is 397 g/mol. The molecule has 1 rings (SSSR count). The van der Waals surface area contributed by atoms with E-state index in [1.807, 2.05) is 25.1 Å². The average Bonchev–Trinajstić information content (AvgIpc) is 2.27. The number of hydrogen-bond acceptors (Lipinski definition) is 2. The number of halogens is 2. The fourth-order valence-corrected chi connectivity index (χ4v) is 2.13. The maximum absolute atomic E-state index is 11.8. The summed E-state index contributed by atoms with van der Waals surface area (Å²) in [6.07, 6.45) is 0. The van der Waals surface area contributed by atoms with Crippen LogP contribution in [0.4, 0.5) is 0 Å². The van der Waals surface area contributed by atoms with Crippen molar-refractivity contribution < 1.29 is 4.79 Å². The number of rotatable bonds is 5. The van der Waals surface area contributed by atoms with E-state index in [0.29, 0.717) is 12.1 Å². The third kappa shape index (κ3) is 4.39. The van der Waals surface area contributed by atoms with E-state index in [-0.39, 0.29) is 5.91 Å². The number of likely N-dealkylation sites (N-methyl/N-ethyl adjacent to an activating group) is 1. The van der Waals surface area contributed by atoms with Gasteiger partial charge in [-0.1, -0.05) is 6.92 Å². The number of hydrogen-bond donors (Lipinski definition) is 2. The Labute approximate surface area is 118 Å². The minimum absolute atomic E-state index is 0.0386. The van der Waals surface area contributed by atoms with Gasteiger partial charge in [-0.05, 0) is 63.3 Å². The molecule has 3 nitrogen and oxygen atoms in total. The highest BCUT2D eigenvalue weighted by atomic mass is 127. The first kappa shape index (κ1) is 13.9. The van der Waals surface area contributed by atoms with Crippen LogP contribution in [0.1, 0.15) is 17.3 Å². The van der Waals surface area contributed by atoms with Crippen LogP contribution in [0.15, 0.2) is 22.7 Å². The largest absolute Gasteiger partial charge is 0.351 e. The highest BCUT2D eigenvalue weighted by Gasteiger charge is 2.09. The maximum atomic E-state index is 11.8. The van der Waals surface area contributed by atoms with E-state index in [1.165, 1.54) is 0 Å². The molecular formula is C11H14BrIN2O. The van der Waals surface area contributed by atoms with Crippen LogP contribution in [0, 0.1) is 3.57 Å². The Morgan fingerprint density at radius 1 is 1.44 bits per heavy atom. The lowest BCUT2D eigenvalue weighted by Gasteiger charge is -2.07. The SMILES string of the molecule is CCNCCNC(=O)c1cc(I)ccc1Br. The second-order valence-corrected chi connectivity index (χ2v) is 5.33. The number of nitrogens with one attached hydrogen (secondary N) is 2. The Hall–Kier alpha value is -0.140. The maximum Gasteiger partial charge on any atom is 0.252 e. The van der Waals surface area contributed by atoms with Crippen LogP contribution in [-0.2, 0) is 0 Å². The van der Waals surface area contributed by atoms with Crippen LogP contribution in [0.2, 0.25) is 0 Å². The second-order valence-electron chi connectivity index (χ2n) is 3.23. The quantitative estimate of drug-likeness (QED) is 0.592. The van der Waals surface area contributed by atoms with Crippen molar-refractivity contribution in [1.82, 2.24) is 10.6 Å². The molecule has 0 aliphatic rings. The zero-order chi connectivity index (χ0) is 12.0. The van der Waals surface area contributed by atoms with Crippen molar-refractivity contribution in [2.75, 3.05) is 19.6 Å². The van der Waals surface area contributed by atoms with Crippen LogP contribution in [0.5, 0.6) is 0 Å². The van der Waals surface area contributed by atoms with Crippen molar-refractivity contribution in [3.63, 3.8) is 0 Å². The third-order valence-corrected chi connectivity index (χ3v) is 3.37. The highest BCUT2D eigenvalue weighted by Crippen LogP contribution is 2.19. The van der Waals surface area contributed by atoms with Crippen molar-refractivity contribution in [2.24, 2.45) is 0 Å². The fourth-order valence-electron chi connectivity index (χ4n) is 1.21. The molecule has 0 bridgehead atoms. The van der Waals surface area contributed by atoms with Crippen molar-refractivity contribution in [3.05, 3.63) is 31.8 Å². The lowest BCUT2D eigenvalue weighted by Crippen LogP contribution is -2.31. The van der Waals surface area contributed by atoms with Crippen LogP contribution in [0.3, 0.4) is 0 Å². The molecular weight excluding hydrogens is 383 g/mol. The summed E-state index contributed by atoms with van der Waals surface area (Å²) in [4.78, 5) is 11.8. The molecule has 88 valence electrons.